The molecule has 12 heavy (non-hydrogen) atoms. The Kier molecular flexibility index (Phi) is 4.01. The summed E-state index contributed by atoms with van der Waals surface area (Å²) in [5.74, 6) is 0.680. The molecule has 0 aromatic heterocycles. The van der Waals surface area contributed by atoms with Gasteiger partial charge < -0.3 is 5.73 Å². The summed E-state index contributed by atoms with van der Waals surface area (Å²) >= 11 is 0. The molecule has 0 heterocycles. The number of rotatable bonds is 4. The molecule has 0 rings (SSSR count). The van der Waals surface area contributed by atoms with E-state index in [0.29, 0.717) is 17.4 Å². The summed E-state index contributed by atoms with van der Waals surface area (Å²) in [4.78, 5) is 10.9. The molecular formula is C10H19NO. The second-order valence-electron chi connectivity index (χ2n) is 3.90. The van der Waals surface area contributed by atoms with E-state index < -0.39 is 0 Å². The van der Waals surface area contributed by atoms with Crippen molar-refractivity contribution in [2.45, 2.75) is 27.7 Å². The van der Waals surface area contributed by atoms with E-state index in [1.165, 1.54) is 0 Å². The molecule has 2 heteroatoms. The topological polar surface area (TPSA) is 43.1 Å². The normalized spacial score (nSPS) is 11.2. The van der Waals surface area contributed by atoms with E-state index in [0.717, 1.165) is 0 Å². The van der Waals surface area contributed by atoms with E-state index in [-0.39, 0.29) is 11.8 Å². The van der Waals surface area contributed by atoms with Crippen LogP contribution in [0.25, 0.3) is 0 Å². The van der Waals surface area contributed by atoms with Crippen molar-refractivity contribution in [3.8, 4) is 0 Å². The van der Waals surface area contributed by atoms with Gasteiger partial charge in [-0.1, -0.05) is 34.3 Å². The molecule has 2 nitrogen and oxygen atoms in total. The van der Waals surface area contributed by atoms with Gasteiger partial charge in [0, 0.05) is 5.57 Å². The van der Waals surface area contributed by atoms with Crippen LogP contribution in [0.15, 0.2) is 12.2 Å². The van der Waals surface area contributed by atoms with Gasteiger partial charge in [0.15, 0.2) is 0 Å². The summed E-state index contributed by atoms with van der Waals surface area (Å²) in [5, 5.41) is 0. The van der Waals surface area contributed by atoms with Crippen molar-refractivity contribution in [2.75, 3.05) is 0 Å². The van der Waals surface area contributed by atoms with Crippen molar-refractivity contribution in [1.29, 1.82) is 0 Å². The summed E-state index contributed by atoms with van der Waals surface area (Å²) in [6.07, 6.45) is 0. The minimum atomic E-state index is -0.373. The summed E-state index contributed by atoms with van der Waals surface area (Å²) < 4.78 is 0. The Morgan fingerprint density at radius 1 is 1.17 bits per heavy atom. The Bertz CT molecular complexity index is 174. The van der Waals surface area contributed by atoms with Gasteiger partial charge in [-0.3, -0.25) is 4.79 Å². The van der Waals surface area contributed by atoms with Gasteiger partial charge in [0.2, 0.25) is 5.91 Å². The first-order chi connectivity index (χ1) is 5.37. The molecule has 0 saturated carbocycles. The molecule has 0 unspecified atom stereocenters. The number of amides is 1. The molecule has 2 N–H and O–H groups in total. The van der Waals surface area contributed by atoms with Crippen molar-refractivity contribution in [2.24, 2.45) is 23.5 Å². The Balaban J connectivity index is 4.52. The highest BCUT2D eigenvalue weighted by molar-refractivity contribution is 5.91. The van der Waals surface area contributed by atoms with Gasteiger partial charge in [-0.05, 0) is 17.8 Å². The third kappa shape index (κ3) is 2.68. The average molecular weight is 169 g/mol. The zero-order chi connectivity index (χ0) is 9.89. The maximum atomic E-state index is 10.9. The maximum absolute atomic E-state index is 10.9. The van der Waals surface area contributed by atoms with Crippen LogP contribution in [0.5, 0.6) is 0 Å². The number of primary amides is 1. The third-order valence-corrected chi connectivity index (χ3v) is 2.16. The highest BCUT2D eigenvalue weighted by atomic mass is 16.1. The van der Waals surface area contributed by atoms with E-state index >= 15 is 0 Å². The molecule has 0 spiro atoms. The number of hydrogen-bond acceptors (Lipinski definition) is 1. The van der Waals surface area contributed by atoms with Gasteiger partial charge in [0.1, 0.15) is 0 Å². The highest BCUT2D eigenvalue weighted by Gasteiger charge is 2.23. The van der Waals surface area contributed by atoms with Gasteiger partial charge in [-0.2, -0.15) is 0 Å². The smallest absolute Gasteiger partial charge is 0.244 e. The van der Waals surface area contributed by atoms with Crippen LogP contribution in [-0.2, 0) is 4.79 Å². The van der Waals surface area contributed by atoms with Crippen LogP contribution in [0.3, 0.4) is 0 Å². The van der Waals surface area contributed by atoms with Crippen LogP contribution in [0, 0.1) is 17.8 Å². The minimum absolute atomic E-state index is 0.211. The van der Waals surface area contributed by atoms with Crippen LogP contribution in [0.4, 0.5) is 0 Å². The summed E-state index contributed by atoms with van der Waals surface area (Å²) in [6.45, 7) is 12.1. The van der Waals surface area contributed by atoms with E-state index in [4.69, 9.17) is 5.73 Å². The van der Waals surface area contributed by atoms with Gasteiger partial charge in [0.25, 0.3) is 0 Å². The predicted molar refractivity (Wildman–Crippen MR) is 51.5 cm³/mol. The van der Waals surface area contributed by atoms with Crippen LogP contribution in [-0.4, -0.2) is 5.91 Å². The molecule has 0 fully saturated rings. The highest BCUT2D eigenvalue weighted by Crippen LogP contribution is 2.26. The zero-order valence-electron chi connectivity index (χ0n) is 8.42. The standard InChI is InChI=1S/C10H19NO/c1-6(2)9(7(3)4)8(5)10(11)12/h6-7,9H,5H2,1-4H3,(H2,11,12). The van der Waals surface area contributed by atoms with Crippen LogP contribution in [0.2, 0.25) is 0 Å². The summed E-state index contributed by atoms with van der Waals surface area (Å²) in [5.41, 5.74) is 5.73. The molecule has 0 aliphatic rings. The third-order valence-electron chi connectivity index (χ3n) is 2.16. The lowest BCUT2D eigenvalue weighted by atomic mass is 9.80. The number of carbonyl (C=O) groups is 1. The summed E-state index contributed by atoms with van der Waals surface area (Å²) in [6, 6.07) is 0. The molecule has 0 aromatic carbocycles. The Morgan fingerprint density at radius 3 is 1.58 bits per heavy atom. The van der Waals surface area contributed by atoms with Gasteiger partial charge >= 0.3 is 0 Å². The van der Waals surface area contributed by atoms with Crippen molar-refractivity contribution >= 4 is 5.91 Å². The molecule has 0 atom stereocenters. The molecule has 70 valence electrons. The van der Waals surface area contributed by atoms with E-state index in [2.05, 4.69) is 34.3 Å². The lowest BCUT2D eigenvalue weighted by molar-refractivity contribution is -0.115. The molecule has 0 bridgehead atoms. The maximum Gasteiger partial charge on any atom is 0.244 e. The first kappa shape index (κ1) is 11.2. The van der Waals surface area contributed by atoms with Crippen LogP contribution < -0.4 is 5.73 Å². The molecular weight excluding hydrogens is 150 g/mol. The fourth-order valence-corrected chi connectivity index (χ4v) is 1.74. The van der Waals surface area contributed by atoms with Crippen LogP contribution >= 0.6 is 0 Å². The van der Waals surface area contributed by atoms with Gasteiger partial charge in [-0.15, -0.1) is 0 Å². The van der Waals surface area contributed by atoms with E-state index in [1.807, 2.05) is 0 Å². The zero-order valence-corrected chi connectivity index (χ0v) is 8.42. The SMILES string of the molecule is C=C(C(N)=O)C(C(C)C)C(C)C. The number of carbonyl (C=O) groups excluding carboxylic acids is 1. The molecule has 1 amide bonds. The van der Waals surface area contributed by atoms with E-state index in [9.17, 15) is 4.79 Å². The fraction of sp³-hybridized carbons (Fsp3) is 0.700. The van der Waals surface area contributed by atoms with Gasteiger partial charge in [-0.25, -0.2) is 0 Å². The Labute approximate surface area is 74.8 Å². The predicted octanol–water partition coefficient (Wildman–Crippen LogP) is 1.96. The molecule has 0 aliphatic heterocycles. The molecule has 0 aliphatic carbocycles. The lowest BCUT2D eigenvalue weighted by Crippen LogP contribution is -2.26. The Hall–Kier alpha value is -0.790. The lowest BCUT2D eigenvalue weighted by Gasteiger charge is -2.25. The largest absolute Gasteiger partial charge is 0.366 e. The average Bonchev–Trinajstić information content (AvgIpc) is 1.85. The molecule has 0 aromatic rings. The minimum Gasteiger partial charge on any atom is -0.366 e. The second-order valence-corrected chi connectivity index (χ2v) is 3.90. The first-order valence-corrected chi connectivity index (χ1v) is 4.36. The number of nitrogens with two attached hydrogens (primary N) is 1. The second kappa shape index (κ2) is 4.29. The van der Waals surface area contributed by atoms with E-state index in [1.54, 1.807) is 0 Å². The monoisotopic (exact) mass is 169 g/mol. The summed E-state index contributed by atoms with van der Waals surface area (Å²) in [7, 11) is 0. The van der Waals surface area contributed by atoms with Crippen molar-refractivity contribution < 1.29 is 4.79 Å². The number of hydrogen-bond donors (Lipinski definition) is 1. The Morgan fingerprint density at radius 2 is 1.50 bits per heavy atom. The quantitative estimate of drug-likeness (QED) is 0.642. The van der Waals surface area contributed by atoms with Crippen molar-refractivity contribution in [3.63, 3.8) is 0 Å². The van der Waals surface area contributed by atoms with Crippen molar-refractivity contribution in [1.82, 2.24) is 0 Å². The first-order valence-electron chi connectivity index (χ1n) is 4.36. The van der Waals surface area contributed by atoms with Crippen molar-refractivity contribution in [3.05, 3.63) is 12.2 Å². The molecule has 0 radical (unpaired) electrons. The molecule has 0 saturated heterocycles. The van der Waals surface area contributed by atoms with Crippen LogP contribution in [0.1, 0.15) is 27.7 Å². The fourth-order valence-electron chi connectivity index (χ4n) is 1.74. The van der Waals surface area contributed by atoms with Gasteiger partial charge in [0.05, 0.1) is 0 Å².